The van der Waals surface area contributed by atoms with E-state index < -0.39 is 16.5 Å². The molecular formula is C14H19N5O3. The van der Waals surface area contributed by atoms with E-state index in [0.29, 0.717) is 6.29 Å². The van der Waals surface area contributed by atoms with Crippen LogP contribution in [0.5, 0.6) is 0 Å². The molecular weight excluding hydrogens is 286 g/mol. The van der Waals surface area contributed by atoms with Gasteiger partial charge in [-0.25, -0.2) is 4.99 Å². The van der Waals surface area contributed by atoms with Crippen LogP contribution in [0.3, 0.4) is 0 Å². The van der Waals surface area contributed by atoms with Crippen LogP contribution in [-0.4, -0.2) is 33.4 Å². The number of aliphatic imine (C=N–C) groups is 1. The molecule has 2 rings (SSSR count). The van der Waals surface area contributed by atoms with Gasteiger partial charge in [-0.05, 0) is 13.8 Å². The monoisotopic (exact) mass is 305 g/mol. The molecule has 0 saturated heterocycles. The third-order valence-corrected chi connectivity index (χ3v) is 3.22. The van der Waals surface area contributed by atoms with Crippen molar-refractivity contribution in [2.24, 2.45) is 10.4 Å². The number of amides is 1. The lowest BCUT2D eigenvalue weighted by atomic mass is 9.96. The van der Waals surface area contributed by atoms with Gasteiger partial charge < -0.3 is 5.32 Å². The summed E-state index contributed by atoms with van der Waals surface area (Å²) in [5.41, 5.74) is -1.67. The molecule has 1 aliphatic heterocycles. The van der Waals surface area contributed by atoms with Crippen LogP contribution in [0.2, 0.25) is 0 Å². The topological polar surface area (TPSA) is 116 Å². The van der Waals surface area contributed by atoms with Gasteiger partial charge in [-0.1, -0.05) is 20.8 Å². The summed E-state index contributed by atoms with van der Waals surface area (Å²) in [7, 11) is 0. The lowest BCUT2D eigenvalue weighted by molar-refractivity contribution is -0.123. The Hall–Kier alpha value is -2.51. The van der Waals surface area contributed by atoms with E-state index in [1.54, 1.807) is 34.6 Å². The lowest BCUT2D eigenvalue weighted by Crippen LogP contribution is -2.44. The molecule has 0 spiro atoms. The Bertz CT molecular complexity index is 725. The smallest absolute Gasteiger partial charge is 0.280 e. The van der Waals surface area contributed by atoms with Crippen LogP contribution in [0.15, 0.2) is 9.79 Å². The van der Waals surface area contributed by atoms with Crippen molar-refractivity contribution in [1.29, 1.82) is 0 Å². The molecule has 0 unspecified atom stereocenters. The first-order chi connectivity index (χ1) is 10.0. The third kappa shape index (κ3) is 2.90. The number of anilines is 2. The van der Waals surface area contributed by atoms with E-state index in [1.165, 1.54) is 0 Å². The Morgan fingerprint density at radius 2 is 1.95 bits per heavy atom. The highest BCUT2D eigenvalue weighted by Gasteiger charge is 2.32. The van der Waals surface area contributed by atoms with Crippen LogP contribution >= 0.6 is 0 Å². The van der Waals surface area contributed by atoms with Gasteiger partial charge in [0.25, 0.3) is 5.56 Å². The maximum absolute atomic E-state index is 12.1. The number of carbonyl (C=O) groups is 2. The van der Waals surface area contributed by atoms with Crippen LogP contribution < -0.4 is 16.2 Å². The number of rotatable bonds is 2. The van der Waals surface area contributed by atoms with E-state index in [0.717, 1.165) is 0 Å². The van der Waals surface area contributed by atoms with Crippen molar-refractivity contribution in [3.8, 4) is 0 Å². The molecule has 22 heavy (non-hydrogen) atoms. The molecule has 0 fully saturated rings. The third-order valence-electron chi connectivity index (χ3n) is 3.22. The number of aldehydes is 1. The fraction of sp³-hybridized carbons (Fsp3) is 0.500. The number of aromatic nitrogens is 2. The maximum atomic E-state index is 12.1. The predicted octanol–water partition coefficient (Wildman–Crippen LogP) is 1.23. The second kappa shape index (κ2) is 5.04. The highest BCUT2D eigenvalue weighted by atomic mass is 16.2. The summed E-state index contributed by atoms with van der Waals surface area (Å²) in [6.07, 6.45) is 0.602. The fourth-order valence-electron chi connectivity index (χ4n) is 1.81. The number of hydrogen-bond acceptors (Lipinski definition) is 6. The highest BCUT2D eigenvalue weighted by molar-refractivity contribution is 6.34. The molecule has 0 radical (unpaired) electrons. The quantitative estimate of drug-likeness (QED) is 0.711. The van der Waals surface area contributed by atoms with Crippen LogP contribution in [0, 0.1) is 5.41 Å². The largest absolute Gasteiger partial charge is 0.357 e. The molecule has 8 nitrogen and oxygen atoms in total. The molecule has 0 saturated carbocycles. The molecule has 0 atom stereocenters. The van der Waals surface area contributed by atoms with Crippen LogP contribution in [0.25, 0.3) is 0 Å². The molecule has 1 aromatic rings. The summed E-state index contributed by atoms with van der Waals surface area (Å²) in [6.45, 7) is 8.75. The number of H-pyrrole nitrogens is 1. The van der Waals surface area contributed by atoms with Gasteiger partial charge in [0.05, 0.1) is 5.54 Å². The van der Waals surface area contributed by atoms with E-state index in [-0.39, 0.29) is 29.1 Å². The first-order valence-corrected chi connectivity index (χ1v) is 6.83. The summed E-state index contributed by atoms with van der Waals surface area (Å²) in [4.78, 5) is 45.8. The van der Waals surface area contributed by atoms with Crippen molar-refractivity contribution >= 4 is 35.4 Å². The van der Waals surface area contributed by atoms with Gasteiger partial charge in [0.15, 0.2) is 17.8 Å². The summed E-state index contributed by atoms with van der Waals surface area (Å²) >= 11 is 0. The molecule has 0 bridgehead atoms. The Kier molecular flexibility index (Phi) is 3.64. The van der Waals surface area contributed by atoms with Gasteiger partial charge in [-0.2, -0.15) is 4.98 Å². The molecule has 3 N–H and O–H groups in total. The Morgan fingerprint density at radius 1 is 1.32 bits per heavy atom. The summed E-state index contributed by atoms with van der Waals surface area (Å²) < 4.78 is 0. The number of hydrogen-bond donors (Lipinski definition) is 3. The maximum Gasteiger partial charge on any atom is 0.280 e. The molecule has 1 aliphatic rings. The predicted molar refractivity (Wildman–Crippen MR) is 83.8 cm³/mol. The zero-order valence-corrected chi connectivity index (χ0v) is 13.2. The van der Waals surface area contributed by atoms with Crippen LogP contribution in [0.1, 0.15) is 34.6 Å². The van der Waals surface area contributed by atoms with Crippen molar-refractivity contribution in [3.63, 3.8) is 0 Å². The molecule has 2 heterocycles. The van der Waals surface area contributed by atoms with E-state index in [2.05, 4.69) is 25.6 Å². The summed E-state index contributed by atoms with van der Waals surface area (Å²) in [5, 5.41) is 5.55. The zero-order valence-electron chi connectivity index (χ0n) is 13.2. The second-order valence-electron chi connectivity index (χ2n) is 6.68. The lowest BCUT2D eigenvalue weighted by Gasteiger charge is -2.30. The Labute approximate surface area is 127 Å². The minimum absolute atomic E-state index is 0.0233. The van der Waals surface area contributed by atoms with Crippen molar-refractivity contribution in [2.45, 2.75) is 40.2 Å². The molecule has 8 heteroatoms. The van der Waals surface area contributed by atoms with Crippen molar-refractivity contribution in [3.05, 3.63) is 10.4 Å². The fourth-order valence-corrected chi connectivity index (χ4v) is 1.81. The normalized spacial score (nSPS) is 16.1. The first-order valence-electron chi connectivity index (χ1n) is 6.83. The van der Waals surface area contributed by atoms with Crippen LogP contribution in [-0.2, 0) is 9.59 Å². The molecule has 1 amide bonds. The Balaban J connectivity index is 2.45. The minimum atomic E-state index is -0.749. The highest BCUT2D eigenvalue weighted by Crippen LogP contribution is 2.29. The average Bonchev–Trinajstić information content (AvgIpc) is 2.35. The summed E-state index contributed by atoms with van der Waals surface area (Å²) in [5.74, 6) is -0.0111. The zero-order chi connectivity index (χ0) is 16.7. The SMILES string of the molecule is CC(C)(C)C(=O)Nc1nc2c(c(=O)[nH]1)N=C(C=O)C(C)(C)N2. The van der Waals surface area contributed by atoms with Crippen molar-refractivity contribution < 1.29 is 9.59 Å². The van der Waals surface area contributed by atoms with Gasteiger partial charge in [0, 0.05) is 5.41 Å². The number of aromatic amines is 1. The second-order valence-corrected chi connectivity index (χ2v) is 6.68. The van der Waals surface area contributed by atoms with Gasteiger partial charge in [-0.3, -0.25) is 24.7 Å². The number of nitrogens with zero attached hydrogens (tertiary/aromatic N) is 2. The first kappa shape index (κ1) is 15.9. The number of fused-ring (bicyclic) bond motifs is 1. The average molecular weight is 305 g/mol. The summed E-state index contributed by atoms with van der Waals surface area (Å²) in [6, 6.07) is 0. The molecule has 0 aromatic carbocycles. The van der Waals surface area contributed by atoms with E-state index in [9.17, 15) is 14.4 Å². The van der Waals surface area contributed by atoms with E-state index >= 15 is 0 Å². The van der Waals surface area contributed by atoms with E-state index in [1.807, 2.05) is 0 Å². The van der Waals surface area contributed by atoms with Gasteiger partial charge in [-0.15, -0.1) is 0 Å². The molecule has 118 valence electrons. The van der Waals surface area contributed by atoms with E-state index in [4.69, 9.17) is 0 Å². The van der Waals surface area contributed by atoms with Gasteiger partial charge in [0.1, 0.15) is 5.71 Å². The van der Waals surface area contributed by atoms with Gasteiger partial charge >= 0.3 is 0 Å². The molecule has 1 aromatic heterocycles. The Morgan fingerprint density at radius 3 is 2.50 bits per heavy atom. The molecule has 0 aliphatic carbocycles. The van der Waals surface area contributed by atoms with Gasteiger partial charge in [0.2, 0.25) is 11.9 Å². The van der Waals surface area contributed by atoms with Crippen molar-refractivity contribution in [2.75, 3.05) is 10.6 Å². The van der Waals surface area contributed by atoms with Crippen molar-refractivity contribution in [1.82, 2.24) is 9.97 Å². The number of carbonyl (C=O) groups excluding carboxylic acids is 2. The van der Waals surface area contributed by atoms with Crippen LogP contribution in [0.4, 0.5) is 17.5 Å². The standard InChI is InChI=1S/C14H19N5O3/c1-13(2,3)11(22)18-12-16-9-8(10(21)17-12)15-7(6-20)14(4,5)19-9/h6H,1-5H3,(H3,16,17,18,19,21,22). The number of nitrogens with one attached hydrogen (secondary N) is 3. The minimum Gasteiger partial charge on any atom is -0.357 e.